The molecule has 3 nitrogen and oxygen atoms in total. The van der Waals surface area contributed by atoms with E-state index in [-0.39, 0.29) is 6.10 Å². The minimum Gasteiger partial charge on any atom is -0.393 e. The summed E-state index contributed by atoms with van der Waals surface area (Å²) in [7, 11) is 1.76. The highest BCUT2D eigenvalue weighted by Gasteiger charge is 1.94. The van der Waals surface area contributed by atoms with Crippen molar-refractivity contribution in [1.82, 2.24) is 10.6 Å². The maximum Gasteiger partial charge on any atom is 0.166 e. The SMILES string of the molecule is CNC(=S)NCC[C@@H](C)O. The summed E-state index contributed by atoms with van der Waals surface area (Å²) in [5.41, 5.74) is 0. The van der Waals surface area contributed by atoms with Crippen LogP contribution in [0, 0.1) is 0 Å². The third-order valence-corrected chi connectivity index (χ3v) is 1.42. The third-order valence-electron chi connectivity index (χ3n) is 1.07. The lowest BCUT2D eigenvalue weighted by atomic mass is 10.3. The molecule has 0 unspecified atom stereocenters. The molecule has 0 bridgehead atoms. The minimum absolute atomic E-state index is 0.257. The zero-order chi connectivity index (χ0) is 7.98. The number of aliphatic hydroxyl groups excluding tert-OH is 1. The molecule has 0 heterocycles. The molecular weight excluding hydrogens is 148 g/mol. The van der Waals surface area contributed by atoms with Gasteiger partial charge in [0.05, 0.1) is 6.10 Å². The summed E-state index contributed by atoms with van der Waals surface area (Å²) in [6.45, 7) is 2.47. The predicted octanol–water partition coefficient (Wildman–Crippen LogP) is -0.149. The average molecular weight is 162 g/mol. The van der Waals surface area contributed by atoms with Crippen LogP contribution in [0.15, 0.2) is 0 Å². The van der Waals surface area contributed by atoms with Gasteiger partial charge in [0.2, 0.25) is 0 Å². The van der Waals surface area contributed by atoms with Gasteiger partial charge in [-0.05, 0) is 25.6 Å². The first-order chi connectivity index (χ1) is 4.66. The highest BCUT2D eigenvalue weighted by Crippen LogP contribution is 1.84. The molecule has 0 radical (unpaired) electrons. The van der Waals surface area contributed by atoms with Crippen LogP contribution in [0.25, 0.3) is 0 Å². The van der Waals surface area contributed by atoms with Gasteiger partial charge in [0.1, 0.15) is 0 Å². The van der Waals surface area contributed by atoms with Gasteiger partial charge in [-0.1, -0.05) is 0 Å². The van der Waals surface area contributed by atoms with Crippen molar-refractivity contribution in [3.8, 4) is 0 Å². The largest absolute Gasteiger partial charge is 0.393 e. The normalized spacial score (nSPS) is 12.3. The van der Waals surface area contributed by atoms with Crippen LogP contribution in [0.4, 0.5) is 0 Å². The van der Waals surface area contributed by atoms with Crippen molar-refractivity contribution in [2.75, 3.05) is 13.6 Å². The molecule has 0 aromatic rings. The third kappa shape index (κ3) is 5.78. The molecule has 0 saturated heterocycles. The highest BCUT2D eigenvalue weighted by molar-refractivity contribution is 7.80. The maximum absolute atomic E-state index is 8.83. The summed E-state index contributed by atoms with van der Waals surface area (Å²) < 4.78 is 0. The Morgan fingerprint density at radius 2 is 2.30 bits per heavy atom. The van der Waals surface area contributed by atoms with Gasteiger partial charge in [-0.2, -0.15) is 0 Å². The second kappa shape index (κ2) is 5.44. The zero-order valence-electron chi connectivity index (χ0n) is 6.35. The van der Waals surface area contributed by atoms with E-state index in [1.807, 2.05) is 0 Å². The van der Waals surface area contributed by atoms with Crippen molar-refractivity contribution in [2.45, 2.75) is 19.4 Å². The second-order valence-electron chi connectivity index (χ2n) is 2.14. The molecule has 3 N–H and O–H groups in total. The van der Waals surface area contributed by atoms with E-state index in [2.05, 4.69) is 10.6 Å². The first-order valence-electron chi connectivity index (χ1n) is 3.30. The summed E-state index contributed by atoms with van der Waals surface area (Å²) in [6, 6.07) is 0. The Balaban J connectivity index is 3.12. The molecule has 4 heteroatoms. The summed E-state index contributed by atoms with van der Waals surface area (Å²) in [5, 5.41) is 15.2. The fourth-order valence-electron chi connectivity index (χ4n) is 0.483. The van der Waals surface area contributed by atoms with Gasteiger partial charge < -0.3 is 15.7 Å². The van der Waals surface area contributed by atoms with Crippen LogP contribution in [0.3, 0.4) is 0 Å². The van der Waals surface area contributed by atoms with Gasteiger partial charge >= 0.3 is 0 Å². The number of nitrogens with one attached hydrogen (secondary N) is 2. The lowest BCUT2D eigenvalue weighted by Gasteiger charge is -2.07. The van der Waals surface area contributed by atoms with Gasteiger partial charge in [-0.3, -0.25) is 0 Å². The molecule has 60 valence electrons. The number of hydrogen-bond donors (Lipinski definition) is 3. The monoisotopic (exact) mass is 162 g/mol. The molecule has 10 heavy (non-hydrogen) atoms. The molecule has 0 spiro atoms. The maximum atomic E-state index is 8.83. The van der Waals surface area contributed by atoms with E-state index in [4.69, 9.17) is 17.3 Å². The van der Waals surface area contributed by atoms with Crippen molar-refractivity contribution < 1.29 is 5.11 Å². The highest BCUT2D eigenvalue weighted by atomic mass is 32.1. The summed E-state index contributed by atoms with van der Waals surface area (Å²) in [5.74, 6) is 0. The molecule has 0 saturated carbocycles. The topological polar surface area (TPSA) is 44.3 Å². The Hall–Kier alpha value is -0.350. The van der Waals surface area contributed by atoms with Crippen LogP contribution < -0.4 is 10.6 Å². The Bertz CT molecular complexity index is 106. The molecule has 0 rings (SSSR count). The molecule has 0 aliphatic rings. The average Bonchev–Trinajstić information content (AvgIpc) is 1.87. The van der Waals surface area contributed by atoms with Crippen LogP contribution in [0.5, 0.6) is 0 Å². The molecule has 0 aromatic carbocycles. The number of aliphatic hydroxyl groups is 1. The van der Waals surface area contributed by atoms with Gasteiger partial charge in [-0.15, -0.1) is 0 Å². The first kappa shape index (κ1) is 9.65. The summed E-state index contributed by atoms with van der Waals surface area (Å²) >= 11 is 4.80. The zero-order valence-corrected chi connectivity index (χ0v) is 7.16. The van der Waals surface area contributed by atoms with Crippen molar-refractivity contribution >= 4 is 17.3 Å². The summed E-state index contributed by atoms with van der Waals surface area (Å²) in [4.78, 5) is 0. The van der Waals surface area contributed by atoms with Crippen LogP contribution >= 0.6 is 12.2 Å². The molecule has 0 aromatic heterocycles. The Kier molecular flexibility index (Phi) is 5.25. The smallest absolute Gasteiger partial charge is 0.166 e. The Labute approximate surface area is 66.8 Å². The molecular formula is C6H14N2OS. The molecule has 1 atom stereocenters. The molecule has 0 fully saturated rings. The number of rotatable bonds is 3. The van der Waals surface area contributed by atoms with E-state index in [1.165, 1.54) is 0 Å². The van der Waals surface area contributed by atoms with E-state index in [0.29, 0.717) is 5.11 Å². The van der Waals surface area contributed by atoms with Crippen LogP contribution in [0.1, 0.15) is 13.3 Å². The molecule has 0 aliphatic heterocycles. The van der Waals surface area contributed by atoms with E-state index >= 15 is 0 Å². The van der Waals surface area contributed by atoms with E-state index in [1.54, 1.807) is 14.0 Å². The predicted molar refractivity (Wildman–Crippen MR) is 46.0 cm³/mol. The standard InChI is InChI=1S/C6H14N2OS/c1-5(9)3-4-8-6(10)7-2/h5,9H,3-4H2,1-2H3,(H2,7,8,10)/t5-/m1/s1. The Morgan fingerprint density at radius 1 is 1.70 bits per heavy atom. The van der Waals surface area contributed by atoms with Gasteiger partial charge in [0.15, 0.2) is 5.11 Å². The van der Waals surface area contributed by atoms with Gasteiger partial charge in [0, 0.05) is 13.6 Å². The quantitative estimate of drug-likeness (QED) is 0.505. The molecule has 0 aliphatic carbocycles. The number of thiocarbonyl (C=S) groups is 1. The minimum atomic E-state index is -0.257. The van der Waals surface area contributed by atoms with Crippen LogP contribution in [-0.4, -0.2) is 29.9 Å². The van der Waals surface area contributed by atoms with Crippen LogP contribution in [-0.2, 0) is 0 Å². The van der Waals surface area contributed by atoms with Gasteiger partial charge in [0.25, 0.3) is 0 Å². The second-order valence-corrected chi connectivity index (χ2v) is 2.55. The Morgan fingerprint density at radius 3 is 2.70 bits per heavy atom. The van der Waals surface area contributed by atoms with Crippen molar-refractivity contribution in [3.63, 3.8) is 0 Å². The van der Waals surface area contributed by atoms with E-state index < -0.39 is 0 Å². The fourth-order valence-corrected chi connectivity index (χ4v) is 0.585. The van der Waals surface area contributed by atoms with Crippen molar-refractivity contribution in [2.24, 2.45) is 0 Å². The van der Waals surface area contributed by atoms with Gasteiger partial charge in [-0.25, -0.2) is 0 Å². The number of hydrogen-bond acceptors (Lipinski definition) is 2. The molecule has 0 amide bonds. The summed E-state index contributed by atoms with van der Waals surface area (Å²) in [6.07, 6.45) is 0.467. The van der Waals surface area contributed by atoms with Crippen LogP contribution in [0.2, 0.25) is 0 Å². The fraction of sp³-hybridized carbons (Fsp3) is 0.833. The van der Waals surface area contributed by atoms with Crippen molar-refractivity contribution in [1.29, 1.82) is 0 Å². The van der Waals surface area contributed by atoms with Crippen molar-refractivity contribution in [3.05, 3.63) is 0 Å². The van der Waals surface area contributed by atoms with E-state index in [0.717, 1.165) is 13.0 Å². The lowest BCUT2D eigenvalue weighted by Crippen LogP contribution is -2.33. The van der Waals surface area contributed by atoms with E-state index in [9.17, 15) is 0 Å². The lowest BCUT2D eigenvalue weighted by molar-refractivity contribution is 0.186. The first-order valence-corrected chi connectivity index (χ1v) is 3.71.